The first-order valence-electron chi connectivity index (χ1n) is 7.14. The Labute approximate surface area is 152 Å². The summed E-state index contributed by atoms with van der Waals surface area (Å²) in [4.78, 5) is 0. The number of halogens is 1. The van der Waals surface area contributed by atoms with E-state index in [1.54, 1.807) is 0 Å². The highest BCUT2D eigenvalue weighted by Crippen LogP contribution is 2.42. The summed E-state index contributed by atoms with van der Waals surface area (Å²) in [7, 11) is 0. The maximum Gasteiger partial charge on any atom is 0.0991 e. The number of thiophene rings is 1. The van der Waals surface area contributed by atoms with E-state index in [0.717, 1.165) is 5.69 Å². The van der Waals surface area contributed by atoms with Crippen molar-refractivity contribution in [3.8, 4) is 6.07 Å². The molecule has 1 aromatic heterocycles. The third-order valence-electron chi connectivity index (χ3n) is 3.82. The first-order valence-corrected chi connectivity index (χ1v) is 8.92. The second-order valence-corrected chi connectivity index (χ2v) is 7.21. The van der Waals surface area contributed by atoms with E-state index in [-0.39, 0.29) is 0 Å². The van der Waals surface area contributed by atoms with E-state index in [9.17, 15) is 0 Å². The molecular weight excluding hydrogens is 415 g/mol. The number of hydrogen-bond donors (Lipinski definition) is 0. The third kappa shape index (κ3) is 2.46. The highest BCUT2D eigenvalue weighted by molar-refractivity contribution is 14.1. The van der Waals surface area contributed by atoms with Crippen molar-refractivity contribution in [1.82, 2.24) is 0 Å². The Bertz CT molecular complexity index is 1040. The summed E-state index contributed by atoms with van der Waals surface area (Å²) >= 11 is 4.15. The van der Waals surface area contributed by atoms with Crippen molar-refractivity contribution in [1.29, 1.82) is 5.26 Å². The maximum atomic E-state index is 8.94. The van der Waals surface area contributed by atoms with E-state index >= 15 is 0 Å². The molecule has 0 fully saturated rings. The lowest BCUT2D eigenvalue weighted by atomic mass is 10.1. The Morgan fingerprint density at radius 2 is 1.61 bits per heavy atom. The van der Waals surface area contributed by atoms with E-state index < -0.39 is 0 Å². The van der Waals surface area contributed by atoms with Gasteiger partial charge in [0.1, 0.15) is 0 Å². The predicted molar refractivity (Wildman–Crippen MR) is 107 cm³/mol. The van der Waals surface area contributed by atoms with Crippen molar-refractivity contribution in [3.63, 3.8) is 0 Å². The predicted octanol–water partition coefficient (Wildman–Crippen LogP) is 6.41. The van der Waals surface area contributed by atoms with Gasteiger partial charge in [0, 0.05) is 15.5 Å². The van der Waals surface area contributed by atoms with Crippen LogP contribution in [0.5, 0.6) is 0 Å². The van der Waals surface area contributed by atoms with Gasteiger partial charge in [0.2, 0.25) is 0 Å². The van der Waals surface area contributed by atoms with Crippen LogP contribution in [0.4, 0.5) is 11.4 Å². The van der Waals surface area contributed by atoms with E-state index in [1.165, 1.54) is 25.9 Å². The Kier molecular flexibility index (Phi) is 3.68. The van der Waals surface area contributed by atoms with Crippen molar-refractivity contribution in [2.24, 2.45) is 0 Å². The number of rotatable bonds is 2. The van der Waals surface area contributed by atoms with Crippen LogP contribution in [0.2, 0.25) is 0 Å². The fourth-order valence-corrected chi connectivity index (χ4v) is 4.79. The van der Waals surface area contributed by atoms with Gasteiger partial charge in [0.05, 0.1) is 50.6 Å². The summed E-state index contributed by atoms with van der Waals surface area (Å²) in [6.07, 6.45) is 0. The first kappa shape index (κ1) is 14.5. The number of hydrogen-bond acceptors (Lipinski definition) is 3. The molecule has 2 nitrogen and oxygen atoms in total. The zero-order valence-electron chi connectivity index (χ0n) is 12.0. The van der Waals surface area contributed by atoms with Crippen molar-refractivity contribution in [2.45, 2.75) is 0 Å². The molecule has 0 N–H and O–H groups in total. The fraction of sp³-hybridized carbons (Fsp3) is 0. The molecule has 4 heteroatoms. The van der Waals surface area contributed by atoms with Crippen molar-refractivity contribution >= 4 is 65.7 Å². The number of nitriles is 1. The molecule has 23 heavy (non-hydrogen) atoms. The van der Waals surface area contributed by atoms with Gasteiger partial charge in [-0.25, -0.2) is 0 Å². The molecule has 0 saturated heterocycles. The number of nitrogens with zero attached hydrogens (tertiary/aromatic N) is 2. The maximum absolute atomic E-state index is 8.94. The number of benzene rings is 3. The van der Waals surface area contributed by atoms with E-state index in [0.29, 0.717) is 5.56 Å². The topological polar surface area (TPSA) is 27.0 Å². The largest absolute Gasteiger partial charge is 0.282 e. The molecule has 4 aromatic rings. The summed E-state index contributed by atoms with van der Waals surface area (Å²) in [5.74, 6) is 0. The van der Waals surface area contributed by atoms with Crippen LogP contribution >= 0.6 is 34.2 Å². The molecule has 0 aliphatic heterocycles. The van der Waals surface area contributed by atoms with Crippen LogP contribution in [-0.2, 0) is 0 Å². The minimum Gasteiger partial charge on any atom is -0.282 e. The van der Waals surface area contributed by atoms with E-state index in [4.69, 9.17) is 5.26 Å². The Hall–Kier alpha value is -2.10. The van der Waals surface area contributed by atoms with Gasteiger partial charge in [-0.05, 0) is 36.4 Å². The molecule has 0 aliphatic carbocycles. The molecule has 0 unspecified atom stereocenters. The van der Waals surface area contributed by atoms with Crippen LogP contribution in [0.3, 0.4) is 0 Å². The molecule has 1 heterocycles. The average molecular weight is 426 g/mol. The molecule has 0 radical (unpaired) electrons. The van der Waals surface area contributed by atoms with Crippen LogP contribution < -0.4 is 3.11 Å². The molecule has 0 aliphatic rings. The van der Waals surface area contributed by atoms with Crippen molar-refractivity contribution < 1.29 is 0 Å². The molecule has 110 valence electrons. The molecule has 0 bridgehead atoms. The average Bonchev–Trinajstić information content (AvgIpc) is 3.00. The molecule has 0 atom stereocenters. The summed E-state index contributed by atoms with van der Waals surface area (Å²) in [6.45, 7) is 0. The minimum absolute atomic E-state index is 0.679. The lowest BCUT2D eigenvalue weighted by Gasteiger charge is -2.17. The lowest BCUT2D eigenvalue weighted by Crippen LogP contribution is -2.00. The molecule has 0 amide bonds. The Morgan fingerprint density at radius 1 is 0.870 bits per heavy atom. The lowest BCUT2D eigenvalue weighted by molar-refractivity contribution is 1.46. The van der Waals surface area contributed by atoms with Crippen LogP contribution in [-0.4, -0.2) is 0 Å². The normalized spacial score (nSPS) is 10.8. The standard InChI is InChI=1S/C19H11IN2S/c20-22(14-10-8-13(12-21)9-11-14)17-6-3-5-16-15-4-1-2-7-18(15)23-19(16)17/h1-11H. The molecule has 0 saturated carbocycles. The van der Waals surface area contributed by atoms with E-state index in [1.807, 2.05) is 35.6 Å². The number of fused-ring (bicyclic) bond motifs is 3. The smallest absolute Gasteiger partial charge is 0.0991 e. The highest BCUT2D eigenvalue weighted by atomic mass is 127. The summed E-state index contributed by atoms with van der Waals surface area (Å²) < 4.78 is 4.74. The van der Waals surface area contributed by atoms with Gasteiger partial charge in [-0.15, -0.1) is 11.3 Å². The van der Waals surface area contributed by atoms with Gasteiger partial charge < -0.3 is 0 Å². The van der Waals surface area contributed by atoms with Crippen molar-refractivity contribution in [2.75, 3.05) is 3.11 Å². The van der Waals surface area contributed by atoms with Gasteiger partial charge >= 0.3 is 0 Å². The van der Waals surface area contributed by atoms with Crippen molar-refractivity contribution in [3.05, 3.63) is 72.3 Å². The van der Waals surface area contributed by atoms with Gasteiger partial charge in [-0.3, -0.25) is 3.11 Å². The molecule has 4 rings (SSSR count). The zero-order valence-corrected chi connectivity index (χ0v) is 15.0. The van der Waals surface area contributed by atoms with Gasteiger partial charge in [0.25, 0.3) is 0 Å². The van der Waals surface area contributed by atoms with Crippen LogP contribution in [0.15, 0.2) is 66.7 Å². The second-order valence-electron chi connectivity index (χ2n) is 5.19. The molecule has 0 spiro atoms. The Morgan fingerprint density at radius 3 is 2.39 bits per heavy atom. The minimum atomic E-state index is 0.679. The summed E-state index contributed by atoms with van der Waals surface area (Å²) in [5, 5.41) is 11.5. The molecular formula is C19H11IN2S. The van der Waals surface area contributed by atoms with Gasteiger partial charge in [-0.1, -0.05) is 30.3 Å². The monoisotopic (exact) mass is 426 g/mol. The number of anilines is 2. The third-order valence-corrected chi connectivity index (χ3v) is 6.10. The van der Waals surface area contributed by atoms with Crippen LogP contribution in [0, 0.1) is 11.3 Å². The van der Waals surface area contributed by atoms with Crippen LogP contribution in [0.1, 0.15) is 5.56 Å². The zero-order chi connectivity index (χ0) is 15.8. The van der Waals surface area contributed by atoms with E-state index in [2.05, 4.69) is 74.5 Å². The summed E-state index contributed by atoms with van der Waals surface area (Å²) in [5.41, 5.74) is 2.92. The van der Waals surface area contributed by atoms with Gasteiger partial charge in [0.15, 0.2) is 0 Å². The molecule has 3 aromatic carbocycles. The second kappa shape index (κ2) is 5.84. The Balaban J connectivity index is 1.89. The fourth-order valence-electron chi connectivity index (χ4n) is 2.69. The highest BCUT2D eigenvalue weighted by Gasteiger charge is 2.13. The van der Waals surface area contributed by atoms with Crippen LogP contribution in [0.25, 0.3) is 20.2 Å². The summed E-state index contributed by atoms with van der Waals surface area (Å²) in [6, 6.07) is 24.8. The SMILES string of the molecule is N#Cc1ccc(N(I)c2cccc3c2sc2ccccc23)cc1. The van der Waals surface area contributed by atoms with Gasteiger partial charge in [-0.2, -0.15) is 5.26 Å². The quantitative estimate of drug-likeness (QED) is 0.273. The first-order chi connectivity index (χ1) is 11.3.